The van der Waals surface area contributed by atoms with Crippen LogP contribution in [-0.2, 0) is 20.8 Å². The van der Waals surface area contributed by atoms with Crippen molar-refractivity contribution < 1.29 is 56.1 Å². The number of hydrogen-bond donors (Lipinski definition) is 5. The zero-order chi connectivity index (χ0) is 32.8. The van der Waals surface area contributed by atoms with Crippen molar-refractivity contribution in [3.05, 3.63) is 53.5 Å². The molecule has 0 saturated carbocycles. The van der Waals surface area contributed by atoms with E-state index in [0.717, 1.165) is 6.54 Å². The number of likely N-dealkylation sites (N-methyl/N-ethyl adjacent to an activating group) is 1. The number of benzene rings is 1. The van der Waals surface area contributed by atoms with Crippen molar-refractivity contribution in [1.82, 2.24) is 10.2 Å². The predicted molar refractivity (Wildman–Crippen MR) is 142 cm³/mol. The Morgan fingerprint density at radius 1 is 1.00 bits per heavy atom. The minimum absolute atomic E-state index is 0.0610. The van der Waals surface area contributed by atoms with Crippen LogP contribution in [0.1, 0.15) is 42.6 Å². The molecule has 1 aromatic heterocycles. The van der Waals surface area contributed by atoms with E-state index in [4.69, 9.17) is 30.5 Å². The summed E-state index contributed by atoms with van der Waals surface area (Å²) in [5, 5.41) is 25.2. The van der Waals surface area contributed by atoms with Gasteiger partial charge < -0.3 is 35.3 Å². The number of amidine groups is 1. The maximum atomic E-state index is 12.2. The summed E-state index contributed by atoms with van der Waals surface area (Å²) in [6.07, 6.45) is 0.383. The minimum Gasteiger partial charge on any atom is -0.477 e. The second kappa shape index (κ2) is 16.7. The van der Waals surface area contributed by atoms with Crippen LogP contribution in [0.3, 0.4) is 0 Å². The first-order valence-corrected chi connectivity index (χ1v) is 12.0. The Labute approximate surface area is 238 Å². The van der Waals surface area contributed by atoms with E-state index in [2.05, 4.69) is 5.32 Å². The van der Waals surface area contributed by atoms with E-state index in [1.807, 2.05) is 25.9 Å². The van der Waals surface area contributed by atoms with E-state index < -0.39 is 29.8 Å². The Kier molecular flexibility index (Phi) is 14.9. The van der Waals surface area contributed by atoms with E-state index in [1.165, 1.54) is 6.07 Å². The van der Waals surface area contributed by atoms with Crippen molar-refractivity contribution in [1.29, 1.82) is 5.41 Å². The van der Waals surface area contributed by atoms with Gasteiger partial charge in [0.25, 0.3) is 0 Å². The third-order valence-electron chi connectivity index (χ3n) is 4.80. The first-order valence-electron chi connectivity index (χ1n) is 12.0. The number of furan rings is 1. The summed E-state index contributed by atoms with van der Waals surface area (Å²) >= 11 is 0. The van der Waals surface area contributed by atoms with E-state index >= 15 is 0 Å². The lowest BCUT2D eigenvalue weighted by atomic mass is 10.1. The topological polar surface area (TPSA) is 196 Å². The highest BCUT2D eigenvalue weighted by molar-refractivity contribution is 5.95. The second-order valence-corrected chi connectivity index (χ2v) is 9.18. The fraction of sp³-hybridized carbons (Fsp3) is 0.423. The van der Waals surface area contributed by atoms with Gasteiger partial charge in [-0.05, 0) is 50.5 Å². The van der Waals surface area contributed by atoms with Crippen LogP contribution in [-0.4, -0.2) is 83.8 Å². The van der Waals surface area contributed by atoms with Gasteiger partial charge in [0.05, 0.1) is 0 Å². The summed E-state index contributed by atoms with van der Waals surface area (Å²) in [6.45, 7) is 3.81. The van der Waals surface area contributed by atoms with Crippen LogP contribution in [0.2, 0.25) is 0 Å². The van der Waals surface area contributed by atoms with Crippen LogP contribution < -0.4 is 15.8 Å². The smallest absolute Gasteiger partial charge is 0.379 e. The molecule has 0 spiro atoms. The van der Waals surface area contributed by atoms with E-state index in [0.29, 0.717) is 43.9 Å². The highest BCUT2D eigenvalue weighted by atomic mass is 19.3. The fourth-order valence-corrected chi connectivity index (χ4v) is 2.43. The molecule has 1 atom stereocenters. The molecule has 0 radical (unpaired) electrons. The molecular formula is C26H34F4N4O8. The number of amides is 1. The van der Waals surface area contributed by atoms with Gasteiger partial charge >= 0.3 is 29.8 Å². The number of esters is 1. The molecule has 1 heterocycles. The normalized spacial score (nSPS) is 11.7. The van der Waals surface area contributed by atoms with Gasteiger partial charge in [-0.25, -0.2) is 14.4 Å². The number of nitrogens with two attached hydrogens (primary N) is 1. The minimum atomic E-state index is -3.58. The average Bonchev–Trinajstić information content (AvgIpc) is 3.32. The number of rotatable bonds is 11. The summed E-state index contributed by atoms with van der Waals surface area (Å²) in [5.41, 5.74) is 5.93. The lowest BCUT2D eigenvalue weighted by Crippen LogP contribution is -2.35. The first kappa shape index (κ1) is 37.5. The number of halogens is 4. The zero-order valence-electron chi connectivity index (χ0n) is 23.5. The number of carboxylic acid groups (broad SMARTS) is 2. The Hall–Kier alpha value is -4.47. The second-order valence-electron chi connectivity index (χ2n) is 9.18. The van der Waals surface area contributed by atoms with Crippen LogP contribution >= 0.6 is 0 Å². The molecule has 1 aromatic carbocycles. The Morgan fingerprint density at radius 2 is 1.48 bits per heavy atom. The van der Waals surface area contributed by atoms with Crippen LogP contribution in [0.4, 0.5) is 17.6 Å². The molecule has 6 N–H and O–H groups in total. The number of nitrogen functional groups attached to an aromatic ring is 1. The van der Waals surface area contributed by atoms with E-state index in [9.17, 15) is 36.7 Å². The molecule has 42 heavy (non-hydrogen) atoms. The van der Waals surface area contributed by atoms with Crippen molar-refractivity contribution >= 4 is 29.7 Å². The van der Waals surface area contributed by atoms with Gasteiger partial charge in [0.15, 0.2) is 0 Å². The SMILES string of the molecule is CC(Cc1ccc(C(=O)Oc2ccc(C(=N)N)cc2)o1)C(=O)NCCN(C)C.CC(F)(F)C(=O)O.CC(F)(F)C(=O)O. The van der Waals surface area contributed by atoms with E-state index in [1.54, 1.807) is 30.3 Å². The number of ether oxygens (including phenoxy) is 1. The standard InChI is InChI=1S/C20H26N4O4.2C3H4F2O2/c1-13(19(25)23-10-11-24(2)3)12-16-8-9-17(27-16)20(26)28-15-6-4-14(5-7-15)18(21)22;2*1-3(4,5)2(6)7/h4-9,13H,10-12H2,1-3H3,(H3,21,22)(H,23,25);2*1H3,(H,6,7). The van der Waals surface area contributed by atoms with Crippen molar-refractivity contribution in [3.8, 4) is 5.75 Å². The number of alkyl halides is 4. The van der Waals surface area contributed by atoms with Crippen molar-refractivity contribution in [2.24, 2.45) is 11.7 Å². The Morgan fingerprint density at radius 3 is 1.88 bits per heavy atom. The number of aliphatic carboxylic acids is 2. The van der Waals surface area contributed by atoms with Crippen LogP contribution in [0.15, 0.2) is 40.8 Å². The number of hydrogen-bond acceptors (Lipinski definition) is 8. The number of nitrogens with zero attached hydrogens (tertiary/aromatic N) is 1. The van der Waals surface area contributed by atoms with Crippen molar-refractivity contribution in [2.45, 2.75) is 39.0 Å². The van der Waals surface area contributed by atoms with Crippen LogP contribution in [0.25, 0.3) is 0 Å². The quantitative estimate of drug-likeness (QED) is 0.0833. The Balaban J connectivity index is 0.000000990. The molecule has 0 fully saturated rings. The van der Waals surface area contributed by atoms with Gasteiger partial charge in [0.1, 0.15) is 17.3 Å². The van der Waals surface area contributed by atoms with Crippen molar-refractivity contribution in [2.75, 3.05) is 27.2 Å². The molecule has 0 bridgehead atoms. The molecule has 0 aliphatic heterocycles. The van der Waals surface area contributed by atoms with Gasteiger partial charge in [-0.1, -0.05) is 6.92 Å². The summed E-state index contributed by atoms with van der Waals surface area (Å²) in [7, 11) is 3.88. The Bertz CT molecular complexity index is 1180. The molecule has 0 aliphatic rings. The fourth-order valence-electron chi connectivity index (χ4n) is 2.43. The molecule has 0 aliphatic carbocycles. The van der Waals surface area contributed by atoms with Gasteiger partial charge in [-0.15, -0.1) is 0 Å². The van der Waals surface area contributed by atoms with Gasteiger partial charge in [-0.3, -0.25) is 10.2 Å². The summed E-state index contributed by atoms with van der Waals surface area (Å²) in [6, 6.07) is 9.48. The lowest BCUT2D eigenvalue weighted by Gasteiger charge is -2.13. The largest absolute Gasteiger partial charge is 0.477 e. The molecule has 1 amide bonds. The number of carbonyl (C=O) groups excluding carboxylic acids is 2. The van der Waals surface area contributed by atoms with Gasteiger partial charge in [0.2, 0.25) is 11.7 Å². The number of nitrogens with one attached hydrogen (secondary N) is 2. The van der Waals surface area contributed by atoms with Gasteiger partial charge in [0, 0.05) is 44.8 Å². The predicted octanol–water partition coefficient (Wildman–Crippen LogP) is 3.09. The summed E-state index contributed by atoms with van der Waals surface area (Å²) in [4.78, 5) is 44.8. The third kappa shape index (κ3) is 15.4. The van der Waals surface area contributed by atoms with Crippen LogP contribution in [0.5, 0.6) is 5.75 Å². The molecule has 2 aromatic rings. The lowest BCUT2D eigenvalue weighted by molar-refractivity contribution is -0.162. The zero-order valence-corrected chi connectivity index (χ0v) is 23.5. The molecule has 12 nitrogen and oxygen atoms in total. The van der Waals surface area contributed by atoms with Crippen molar-refractivity contribution in [3.63, 3.8) is 0 Å². The maximum Gasteiger partial charge on any atom is 0.379 e. The molecule has 1 unspecified atom stereocenters. The number of carboxylic acids is 2. The third-order valence-corrected chi connectivity index (χ3v) is 4.80. The highest BCUT2D eigenvalue weighted by Crippen LogP contribution is 2.17. The summed E-state index contributed by atoms with van der Waals surface area (Å²) in [5.74, 6) is -11.5. The highest BCUT2D eigenvalue weighted by Gasteiger charge is 2.31. The number of carbonyl (C=O) groups is 4. The maximum absolute atomic E-state index is 12.2. The molecular weight excluding hydrogens is 572 g/mol. The molecule has 16 heteroatoms. The van der Waals surface area contributed by atoms with Gasteiger partial charge in [-0.2, -0.15) is 17.6 Å². The first-order chi connectivity index (χ1) is 19.1. The monoisotopic (exact) mass is 606 g/mol. The molecule has 2 rings (SSSR count). The van der Waals surface area contributed by atoms with E-state index in [-0.39, 0.29) is 23.4 Å². The summed E-state index contributed by atoms with van der Waals surface area (Å²) < 4.78 is 55.8. The molecule has 0 saturated heterocycles. The molecule has 234 valence electrons. The average molecular weight is 607 g/mol. The van der Waals surface area contributed by atoms with Crippen LogP contribution in [0, 0.1) is 11.3 Å².